The number of hydrogen-bond acceptors (Lipinski definition) is 3. The molecule has 0 radical (unpaired) electrons. The van der Waals surface area contributed by atoms with Gasteiger partial charge >= 0.3 is 0 Å². The monoisotopic (exact) mass is 258 g/mol. The molecule has 1 atom stereocenters. The largest absolute Gasteiger partial charge is 0.379 e. The molecule has 1 aromatic rings. The van der Waals surface area contributed by atoms with Crippen LogP contribution in [0.15, 0.2) is 29.2 Å². The molecule has 1 rings (SSSR count). The molecule has 5 heteroatoms. The summed E-state index contributed by atoms with van der Waals surface area (Å²) < 4.78 is 27.6. The van der Waals surface area contributed by atoms with Gasteiger partial charge in [-0.05, 0) is 19.1 Å². The zero-order valence-electron chi connectivity index (χ0n) is 10.5. The molecule has 0 unspecified atom stereocenters. The summed E-state index contributed by atoms with van der Waals surface area (Å²) >= 11 is 0. The van der Waals surface area contributed by atoms with Crippen LogP contribution in [0.1, 0.15) is 18.5 Å². The molecule has 4 nitrogen and oxygen atoms in total. The fourth-order valence-corrected chi connectivity index (χ4v) is 2.22. The molecule has 0 fully saturated rings. The predicted molar refractivity (Wildman–Crippen MR) is 66.6 cm³/mol. The summed E-state index contributed by atoms with van der Waals surface area (Å²) in [6, 6.07) is 7.35. The van der Waals surface area contributed by atoms with Crippen LogP contribution in [0.25, 0.3) is 0 Å². The summed E-state index contributed by atoms with van der Waals surface area (Å²) in [5, 5.41) is 2.17. The van der Waals surface area contributed by atoms with Gasteiger partial charge in [0.15, 0.2) is 9.84 Å². The van der Waals surface area contributed by atoms with Crippen molar-refractivity contribution in [1.29, 1.82) is 0 Å². The van der Waals surface area contributed by atoms with Crippen molar-refractivity contribution in [2.45, 2.75) is 17.9 Å². The highest BCUT2D eigenvalue weighted by Gasteiger charge is 2.10. The Labute approximate surface area is 103 Å². The average molecular weight is 258 g/mol. The van der Waals surface area contributed by atoms with Crippen molar-refractivity contribution >= 4 is 9.84 Å². The zero-order valence-corrected chi connectivity index (χ0v) is 11.3. The van der Waals surface area contributed by atoms with E-state index in [9.17, 15) is 8.42 Å². The van der Waals surface area contributed by atoms with Crippen LogP contribution < -0.4 is 5.32 Å². The van der Waals surface area contributed by atoms with Crippen LogP contribution in [0.5, 0.6) is 0 Å². The van der Waals surface area contributed by atoms with E-state index in [1.165, 1.54) is 6.26 Å². The van der Waals surface area contributed by atoms with Gasteiger partial charge in [-0.3, -0.25) is 0 Å². The lowest BCUT2D eigenvalue weighted by Gasteiger charge is -2.11. The molecular formula is C12H20NO3S+. The smallest absolute Gasteiger partial charge is 0.175 e. The number of nitrogens with two attached hydrogens (primary N) is 1. The van der Waals surface area contributed by atoms with Gasteiger partial charge in [0.05, 0.1) is 18.0 Å². The Kier molecular flexibility index (Phi) is 5.11. The first-order chi connectivity index (χ1) is 7.95. The quantitative estimate of drug-likeness (QED) is 0.750. The number of methoxy groups -OCH3 is 1. The van der Waals surface area contributed by atoms with E-state index in [2.05, 4.69) is 12.2 Å². The maximum absolute atomic E-state index is 11.3. The minimum Gasteiger partial charge on any atom is -0.379 e. The zero-order chi connectivity index (χ0) is 12.9. The Bertz CT molecular complexity index is 439. The van der Waals surface area contributed by atoms with E-state index in [0.717, 1.165) is 12.1 Å². The van der Waals surface area contributed by atoms with Gasteiger partial charge in [-0.2, -0.15) is 0 Å². The first-order valence-corrected chi connectivity index (χ1v) is 7.46. The molecule has 0 spiro atoms. The molecule has 96 valence electrons. The molecule has 0 heterocycles. The lowest BCUT2D eigenvalue weighted by Crippen LogP contribution is -2.85. The van der Waals surface area contributed by atoms with E-state index >= 15 is 0 Å². The van der Waals surface area contributed by atoms with E-state index in [4.69, 9.17) is 4.74 Å². The molecule has 0 aliphatic heterocycles. The van der Waals surface area contributed by atoms with Gasteiger partial charge in [-0.25, -0.2) is 8.42 Å². The number of rotatable bonds is 6. The second kappa shape index (κ2) is 6.14. The Balaban J connectivity index is 2.67. The van der Waals surface area contributed by atoms with Crippen LogP contribution in [-0.4, -0.2) is 34.9 Å². The van der Waals surface area contributed by atoms with Crippen molar-refractivity contribution in [3.63, 3.8) is 0 Å². The summed E-state index contributed by atoms with van der Waals surface area (Å²) in [5.74, 6) is 0. The summed E-state index contributed by atoms with van der Waals surface area (Å²) in [4.78, 5) is 0.366. The second-order valence-electron chi connectivity index (χ2n) is 4.15. The van der Waals surface area contributed by atoms with Gasteiger partial charge in [0.2, 0.25) is 0 Å². The Morgan fingerprint density at radius 3 is 2.35 bits per heavy atom. The lowest BCUT2D eigenvalue weighted by atomic mass is 10.1. The molecule has 1 aromatic carbocycles. The second-order valence-corrected chi connectivity index (χ2v) is 6.16. The highest BCUT2D eigenvalue weighted by atomic mass is 32.2. The van der Waals surface area contributed by atoms with Crippen molar-refractivity contribution in [3.05, 3.63) is 29.8 Å². The standard InChI is InChI=1S/C12H19NO3S/c1-10(13-8-9-16-2)11-4-6-12(7-5-11)17(3,14)15/h4-7,10,13H,8-9H2,1-3H3/p+1/t10-/m1/s1. The topological polar surface area (TPSA) is 60.0 Å². The number of benzene rings is 1. The predicted octanol–water partition coefficient (Wildman–Crippen LogP) is 0.361. The van der Waals surface area contributed by atoms with E-state index in [1.807, 2.05) is 12.1 Å². The minimum absolute atomic E-state index is 0.304. The van der Waals surface area contributed by atoms with Crippen LogP contribution in [0, 0.1) is 0 Å². The Hall–Kier alpha value is -0.910. The number of quaternary nitrogens is 1. The van der Waals surface area contributed by atoms with Gasteiger partial charge in [0.1, 0.15) is 6.04 Å². The molecule has 2 N–H and O–H groups in total. The first-order valence-electron chi connectivity index (χ1n) is 5.57. The van der Waals surface area contributed by atoms with Crippen molar-refractivity contribution < 1.29 is 18.5 Å². The SMILES string of the molecule is COCC[NH2+][C@H](C)c1ccc(S(C)(=O)=O)cc1. The molecular weight excluding hydrogens is 238 g/mol. The maximum Gasteiger partial charge on any atom is 0.175 e. The third kappa shape index (κ3) is 4.46. The molecule has 0 amide bonds. The number of ether oxygens (including phenoxy) is 1. The van der Waals surface area contributed by atoms with Crippen molar-refractivity contribution in [1.82, 2.24) is 0 Å². The number of hydrogen-bond donors (Lipinski definition) is 1. The molecule has 0 bridgehead atoms. The van der Waals surface area contributed by atoms with E-state index in [1.54, 1.807) is 19.2 Å². The molecule has 0 aliphatic rings. The summed E-state index contributed by atoms with van der Waals surface area (Å²) in [6.07, 6.45) is 1.22. The minimum atomic E-state index is -3.10. The summed E-state index contributed by atoms with van der Waals surface area (Å²) in [7, 11) is -1.42. The third-order valence-electron chi connectivity index (χ3n) is 2.68. The highest BCUT2D eigenvalue weighted by molar-refractivity contribution is 7.90. The fraction of sp³-hybridized carbons (Fsp3) is 0.500. The van der Waals surface area contributed by atoms with Crippen molar-refractivity contribution in [2.24, 2.45) is 0 Å². The third-order valence-corrected chi connectivity index (χ3v) is 3.80. The average Bonchev–Trinajstić information content (AvgIpc) is 2.28. The lowest BCUT2D eigenvalue weighted by molar-refractivity contribution is -0.693. The van der Waals surface area contributed by atoms with Crippen LogP contribution in [-0.2, 0) is 14.6 Å². The van der Waals surface area contributed by atoms with Gasteiger partial charge < -0.3 is 10.1 Å². The maximum atomic E-state index is 11.3. The van der Waals surface area contributed by atoms with Crippen molar-refractivity contribution in [2.75, 3.05) is 26.5 Å². The van der Waals surface area contributed by atoms with Crippen LogP contribution in [0.4, 0.5) is 0 Å². The fourth-order valence-electron chi connectivity index (χ4n) is 1.59. The molecule has 0 aliphatic carbocycles. The highest BCUT2D eigenvalue weighted by Crippen LogP contribution is 2.13. The van der Waals surface area contributed by atoms with Crippen molar-refractivity contribution in [3.8, 4) is 0 Å². The molecule has 17 heavy (non-hydrogen) atoms. The number of sulfone groups is 1. The summed E-state index contributed by atoms with van der Waals surface area (Å²) in [5.41, 5.74) is 1.12. The Morgan fingerprint density at radius 1 is 1.29 bits per heavy atom. The van der Waals surface area contributed by atoms with E-state index in [-0.39, 0.29) is 0 Å². The van der Waals surface area contributed by atoms with Crippen LogP contribution in [0.3, 0.4) is 0 Å². The van der Waals surface area contributed by atoms with Gasteiger partial charge in [-0.15, -0.1) is 0 Å². The first kappa shape index (κ1) is 14.2. The summed E-state index contributed by atoms with van der Waals surface area (Å²) in [6.45, 7) is 3.70. The van der Waals surface area contributed by atoms with Gasteiger partial charge in [-0.1, -0.05) is 12.1 Å². The van der Waals surface area contributed by atoms with E-state index in [0.29, 0.717) is 17.5 Å². The normalized spacial score (nSPS) is 13.6. The van der Waals surface area contributed by atoms with E-state index < -0.39 is 9.84 Å². The van der Waals surface area contributed by atoms with Gasteiger partial charge in [0.25, 0.3) is 0 Å². The molecule has 0 saturated carbocycles. The molecule has 0 aromatic heterocycles. The van der Waals surface area contributed by atoms with Crippen LogP contribution in [0.2, 0.25) is 0 Å². The van der Waals surface area contributed by atoms with Crippen LogP contribution >= 0.6 is 0 Å². The molecule has 0 saturated heterocycles. The Morgan fingerprint density at radius 2 is 1.88 bits per heavy atom. The van der Waals surface area contributed by atoms with Gasteiger partial charge in [0, 0.05) is 18.9 Å².